The van der Waals surface area contributed by atoms with E-state index < -0.39 is 0 Å². The maximum atomic E-state index is 13.1. The van der Waals surface area contributed by atoms with Crippen molar-refractivity contribution in [1.29, 1.82) is 0 Å². The molecule has 2 aromatic carbocycles. The van der Waals surface area contributed by atoms with Crippen molar-refractivity contribution >= 4 is 56.0 Å². The van der Waals surface area contributed by atoms with E-state index in [1.54, 1.807) is 23.1 Å². The van der Waals surface area contributed by atoms with Gasteiger partial charge in [-0.15, -0.1) is 11.8 Å². The fourth-order valence-electron chi connectivity index (χ4n) is 3.19. The van der Waals surface area contributed by atoms with Gasteiger partial charge in [0.15, 0.2) is 5.13 Å². The van der Waals surface area contributed by atoms with Crippen molar-refractivity contribution in [1.82, 2.24) is 9.88 Å². The van der Waals surface area contributed by atoms with Crippen molar-refractivity contribution in [2.24, 2.45) is 0 Å². The number of hydrogen-bond donors (Lipinski definition) is 0. The predicted octanol–water partition coefficient (Wildman–Crippen LogP) is 5.98. The number of thiazole rings is 1. The summed E-state index contributed by atoms with van der Waals surface area (Å²) in [6, 6.07) is 14.0. The van der Waals surface area contributed by atoms with Gasteiger partial charge in [-0.2, -0.15) is 0 Å². The number of rotatable bonds is 10. The largest absolute Gasteiger partial charge is 0.309 e. The minimum absolute atomic E-state index is 0.132. The van der Waals surface area contributed by atoms with Gasteiger partial charge in [0.25, 0.3) is 0 Å². The topological polar surface area (TPSA) is 36.4 Å². The zero-order valence-corrected chi connectivity index (χ0v) is 20.1. The van der Waals surface area contributed by atoms with Gasteiger partial charge in [0, 0.05) is 28.6 Å². The van der Waals surface area contributed by atoms with Gasteiger partial charge in [0.05, 0.1) is 10.2 Å². The second-order valence-corrected chi connectivity index (χ2v) is 9.98. The molecule has 0 atom stereocenters. The highest BCUT2D eigenvalue weighted by Gasteiger charge is 2.20. The number of aryl methyl sites for hydroxylation is 1. The standard InChI is InChI=1S/C23H28ClN3OS2/c1-4-17-7-5-8-20-22(17)25-23(30-20)27(15-6-14-26(2)3)21(28)13-16-29-19-11-9-18(24)10-12-19/h5,7-12H,4,6,13-16H2,1-3H3. The number of anilines is 1. The number of hydrogen-bond acceptors (Lipinski definition) is 5. The molecule has 1 heterocycles. The van der Waals surface area contributed by atoms with Crippen LogP contribution in [0.1, 0.15) is 25.3 Å². The van der Waals surface area contributed by atoms with Crippen molar-refractivity contribution in [3.05, 3.63) is 53.1 Å². The van der Waals surface area contributed by atoms with Crippen LogP contribution < -0.4 is 4.90 Å². The smallest absolute Gasteiger partial charge is 0.229 e. The van der Waals surface area contributed by atoms with Gasteiger partial charge in [-0.05, 0) is 69.4 Å². The Balaban J connectivity index is 1.72. The van der Waals surface area contributed by atoms with Crippen LogP contribution in [0.2, 0.25) is 5.02 Å². The molecular weight excluding hydrogens is 434 g/mol. The van der Waals surface area contributed by atoms with E-state index in [4.69, 9.17) is 16.6 Å². The van der Waals surface area contributed by atoms with Crippen LogP contribution in [0.25, 0.3) is 10.2 Å². The quantitative estimate of drug-likeness (QED) is 0.348. The van der Waals surface area contributed by atoms with Gasteiger partial charge in [0.2, 0.25) is 5.91 Å². The summed E-state index contributed by atoms with van der Waals surface area (Å²) in [7, 11) is 4.11. The van der Waals surface area contributed by atoms with E-state index in [0.717, 1.165) is 50.4 Å². The highest BCUT2D eigenvalue weighted by Crippen LogP contribution is 2.32. The first-order valence-electron chi connectivity index (χ1n) is 10.2. The van der Waals surface area contributed by atoms with Crippen LogP contribution in [0.5, 0.6) is 0 Å². The predicted molar refractivity (Wildman–Crippen MR) is 131 cm³/mol. The lowest BCUT2D eigenvalue weighted by molar-refractivity contribution is -0.118. The normalized spacial score (nSPS) is 11.4. The summed E-state index contributed by atoms with van der Waals surface area (Å²) >= 11 is 9.24. The fraction of sp³-hybridized carbons (Fsp3) is 0.391. The van der Waals surface area contributed by atoms with Crippen LogP contribution in [-0.4, -0.2) is 48.7 Å². The third kappa shape index (κ3) is 6.20. The molecule has 0 unspecified atom stereocenters. The molecule has 0 N–H and O–H groups in total. The van der Waals surface area contributed by atoms with Gasteiger partial charge in [-0.3, -0.25) is 9.69 Å². The summed E-state index contributed by atoms with van der Waals surface area (Å²) in [5.41, 5.74) is 2.26. The minimum atomic E-state index is 0.132. The first-order valence-corrected chi connectivity index (χ1v) is 12.4. The molecule has 3 rings (SSSR count). The Morgan fingerprint density at radius 3 is 2.60 bits per heavy atom. The summed E-state index contributed by atoms with van der Waals surface area (Å²) in [4.78, 5) is 23.2. The molecule has 0 saturated carbocycles. The number of halogens is 1. The molecule has 4 nitrogen and oxygen atoms in total. The molecule has 0 aliphatic carbocycles. The van der Waals surface area contributed by atoms with Crippen LogP contribution in [0.3, 0.4) is 0 Å². The SMILES string of the molecule is CCc1cccc2sc(N(CCCN(C)C)C(=O)CCSc3ccc(Cl)cc3)nc12. The average molecular weight is 462 g/mol. The lowest BCUT2D eigenvalue weighted by Crippen LogP contribution is -2.33. The van der Waals surface area contributed by atoms with Gasteiger partial charge in [0.1, 0.15) is 0 Å². The average Bonchev–Trinajstić information content (AvgIpc) is 3.16. The van der Waals surface area contributed by atoms with Gasteiger partial charge >= 0.3 is 0 Å². The highest BCUT2D eigenvalue weighted by molar-refractivity contribution is 7.99. The Hall–Kier alpha value is -1.60. The number of para-hydroxylation sites is 1. The summed E-state index contributed by atoms with van der Waals surface area (Å²) in [5, 5.41) is 1.54. The van der Waals surface area contributed by atoms with E-state index in [-0.39, 0.29) is 5.91 Å². The fourth-order valence-corrected chi connectivity index (χ4v) is 5.21. The van der Waals surface area contributed by atoms with Crippen molar-refractivity contribution in [3.63, 3.8) is 0 Å². The highest BCUT2D eigenvalue weighted by atomic mass is 35.5. The van der Waals surface area contributed by atoms with Crippen LogP contribution in [0.4, 0.5) is 5.13 Å². The number of benzene rings is 2. The summed E-state index contributed by atoms with van der Waals surface area (Å²) in [5.74, 6) is 0.864. The molecule has 0 aliphatic rings. The Labute approximate surface area is 192 Å². The maximum absolute atomic E-state index is 13.1. The summed E-state index contributed by atoms with van der Waals surface area (Å²) < 4.78 is 1.14. The molecule has 160 valence electrons. The van der Waals surface area contributed by atoms with Crippen molar-refractivity contribution < 1.29 is 4.79 Å². The third-order valence-corrected chi connectivity index (χ3v) is 7.10. The second-order valence-electron chi connectivity index (χ2n) is 7.37. The Kier molecular flexibility index (Phi) is 8.57. The molecule has 3 aromatic rings. The molecule has 0 fully saturated rings. The zero-order valence-electron chi connectivity index (χ0n) is 17.7. The van der Waals surface area contributed by atoms with E-state index in [1.165, 1.54) is 5.56 Å². The third-order valence-electron chi connectivity index (χ3n) is 4.79. The molecular formula is C23H28ClN3OS2. The van der Waals surface area contributed by atoms with E-state index in [2.05, 4.69) is 44.1 Å². The van der Waals surface area contributed by atoms with E-state index in [9.17, 15) is 4.79 Å². The van der Waals surface area contributed by atoms with Crippen LogP contribution in [-0.2, 0) is 11.2 Å². The molecule has 30 heavy (non-hydrogen) atoms. The Morgan fingerprint density at radius 1 is 1.13 bits per heavy atom. The van der Waals surface area contributed by atoms with E-state index in [0.29, 0.717) is 13.0 Å². The number of nitrogens with zero attached hydrogens (tertiary/aromatic N) is 3. The molecule has 0 spiro atoms. The molecule has 0 aliphatic heterocycles. The van der Waals surface area contributed by atoms with Crippen molar-refractivity contribution in [3.8, 4) is 0 Å². The first-order chi connectivity index (χ1) is 14.5. The number of carbonyl (C=O) groups excluding carboxylic acids is 1. The van der Waals surface area contributed by atoms with Gasteiger partial charge in [-0.25, -0.2) is 4.98 Å². The van der Waals surface area contributed by atoms with Crippen molar-refractivity contribution in [2.45, 2.75) is 31.1 Å². The van der Waals surface area contributed by atoms with Gasteiger partial charge < -0.3 is 4.90 Å². The zero-order chi connectivity index (χ0) is 21.5. The molecule has 0 bridgehead atoms. The second kappa shape index (κ2) is 11.1. The van der Waals surface area contributed by atoms with Crippen LogP contribution in [0, 0.1) is 0 Å². The molecule has 7 heteroatoms. The summed E-state index contributed by atoms with van der Waals surface area (Å²) in [6.45, 7) is 3.76. The number of carbonyl (C=O) groups is 1. The Morgan fingerprint density at radius 2 is 1.90 bits per heavy atom. The Bertz CT molecular complexity index is 972. The molecule has 1 amide bonds. The monoisotopic (exact) mass is 461 g/mol. The first kappa shape index (κ1) is 23.1. The number of amides is 1. The number of fused-ring (bicyclic) bond motifs is 1. The van der Waals surface area contributed by atoms with Gasteiger partial charge in [-0.1, -0.05) is 42.0 Å². The summed E-state index contributed by atoms with van der Waals surface area (Å²) in [6.07, 6.45) is 2.33. The minimum Gasteiger partial charge on any atom is -0.309 e. The molecule has 1 aromatic heterocycles. The maximum Gasteiger partial charge on any atom is 0.229 e. The van der Waals surface area contributed by atoms with Crippen LogP contribution >= 0.6 is 34.7 Å². The molecule has 0 saturated heterocycles. The number of thioether (sulfide) groups is 1. The van der Waals surface area contributed by atoms with Crippen LogP contribution in [0.15, 0.2) is 47.4 Å². The lowest BCUT2D eigenvalue weighted by atomic mass is 10.1. The lowest BCUT2D eigenvalue weighted by Gasteiger charge is -2.21. The molecule has 0 radical (unpaired) electrons. The van der Waals surface area contributed by atoms with E-state index in [1.807, 2.05) is 29.2 Å². The van der Waals surface area contributed by atoms with E-state index >= 15 is 0 Å². The van der Waals surface area contributed by atoms with Crippen molar-refractivity contribution in [2.75, 3.05) is 37.8 Å². The number of aromatic nitrogens is 1.